The number of hydrogen-bond acceptors (Lipinski definition) is 2. The number of hydrogen-bond donors (Lipinski definition) is 0. The Hall–Kier alpha value is -2.68. The number of Topliss-reactive ketones (excluding diaryl/α,β-unsaturated/α-hetero) is 1. The minimum atomic E-state index is -0.493. The predicted octanol–water partition coefficient (Wildman–Crippen LogP) is 6.40. The lowest BCUT2D eigenvalue weighted by atomic mass is 9.71. The quantitative estimate of drug-likeness (QED) is 0.453. The van der Waals surface area contributed by atoms with E-state index in [-0.39, 0.29) is 5.78 Å². The monoisotopic (exact) mass is 384 g/mol. The van der Waals surface area contributed by atoms with Crippen LogP contribution in [0.3, 0.4) is 0 Å². The molecule has 1 unspecified atom stereocenters. The number of fused-ring (bicyclic) bond motifs is 6. The first-order chi connectivity index (χ1) is 14.2. The highest BCUT2D eigenvalue weighted by Crippen LogP contribution is 2.50. The van der Waals surface area contributed by atoms with Crippen LogP contribution in [0.15, 0.2) is 53.5 Å². The molecule has 1 aliphatic heterocycles. The van der Waals surface area contributed by atoms with Gasteiger partial charge >= 0.3 is 0 Å². The van der Waals surface area contributed by atoms with E-state index < -0.39 is 5.41 Å². The van der Waals surface area contributed by atoms with Crippen molar-refractivity contribution in [1.29, 1.82) is 0 Å². The summed E-state index contributed by atoms with van der Waals surface area (Å²) >= 11 is 0. The molecule has 3 heteroatoms. The molecule has 1 atom stereocenters. The van der Waals surface area contributed by atoms with Gasteiger partial charge in [-0.1, -0.05) is 81.5 Å². The van der Waals surface area contributed by atoms with E-state index in [2.05, 4.69) is 47.9 Å². The first-order valence-corrected chi connectivity index (χ1v) is 11.0. The molecular formula is C26H28N2O. The van der Waals surface area contributed by atoms with Crippen LogP contribution in [0, 0.1) is 5.41 Å². The first-order valence-electron chi connectivity index (χ1n) is 11.0. The zero-order valence-corrected chi connectivity index (χ0v) is 17.4. The number of aryl methyl sites for hydroxylation is 1. The van der Waals surface area contributed by atoms with Gasteiger partial charge in [-0.3, -0.25) is 4.79 Å². The van der Waals surface area contributed by atoms with Crippen LogP contribution in [0.2, 0.25) is 0 Å². The molecule has 0 saturated heterocycles. The van der Waals surface area contributed by atoms with Crippen molar-refractivity contribution in [3.05, 3.63) is 65.2 Å². The summed E-state index contributed by atoms with van der Waals surface area (Å²) in [7, 11) is 2.02. The molecule has 3 nitrogen and oxygen atoms in total. The zero-order valence-electron chi connectivity index (χ0n) is 17.4. The SMILES string of the molecule is CCCCCCCC12Cc3ccccc3C1=Nc1c(c3ccccc3n1C)C2=O. The van der Waals surface area contributed by atoms with Crippen molar-refractivity contribution in [2.75, 3.05) is 0 Å². The van der Waals surface area contributed by atoms with Crippen molar-refractivity contribution in [2.24, 2.45) is 17.5 Å². The summed E-state index contributed by atoms with van der Waals surface area (Å²) in [6.07, 6.45) is 7.72. The standard InChI is InChI=1S/C26H28N2O/c1-3-4-5-6-11-16-26-17-18-12-7-8-13-19(18)23(26)27-25-22(24(26)29)20-14-9-10-15-21(20)28(25)2/h7-10,12-15H,3-6,11,16-17H2,1-2H3. The number of rotatable bonds is 6. The summed E-state index contributed by atoms with van der Waals surface area (Å²) < 4.78 is 2.08. The maximum absolute atomic E-state index is 14.1. The second kappa shape index (κ2) is 6.98. The van der Waals surface area contributed by atoms with E-state index in [9.17, 15) is 4.79 Å². The fraction of sp³-hybridized carbons (Fsp3) is 0.385. The molecular weight excluding hydrogens is 356 g/mol. The summed E-state index contributed by atoms with van der Waals surface area (Å²) in [6, 6.07) is 16.7. The second-order valence-electron chi connectivity index (χ2n) is 8.64. The predicted molar refractivity (Wildman–Crippen MR) is 119 cm³/mol. The minimum Gasteiger partial charge on any atom is -0.328 e. The van der Waals surface area contributed by atoms with E-state index >= 15 is 0 Å². The van der Waals surface area contributed by atoms with Gasteiger partial charge in [-0.15, -0.1) is 0 Å². The fourth-order valence-electron chi connectivity index (χ4n) is 5.36. The third-order valence-electron chi connectivity index (χ3n) is 6.88. The fourth-order valence-corrected chi connectivity index (χ4v) is 5.36. The van der Waals surface area contributed by atoms with Crippen LogP contribution >= 0.6 is 0 Å². The number of para-hydroxylation sites is 1. The van der Waals surface area contributed by atoms with Gasteiger partial charge in [0.25, 0.3) is 0 Å². The van der Waals surface area contributed by atoms with E-state index in [0.29, 0.717) is 0 Å². The van der Waals surface area contributed by atoms with Crippen molar-refractivity contribution in [2.45, 2.75) is 51.9 Å². The van der Waals surface area contributed by atoms with Crippen LogP contribution in [-0.2, 0) is 13.5 Å². The molecule has 0 amide bonds. The number of ketones is 1. The molecule has 1 aliphatic carbocycles. The summed E-state index contributed by atoms with van der Waals surface area (Å²) in [5.41, 5.74) is 4.87. The smallest absolute Gasteiger partial charge is 0.179 e. The van der Waals surface area contributed by atoms with Gasteiger partial charge in [-0.25, -0.2) is 4.99 Å². The third kappa shape index (κ3) is 2.63. The minimum absolute atomic E-state index is 0.279. The Morgan fingerprint density at radius 1 is 1.00 bits per heavy atom. The molecule has 0 bridgehead atoms. The zero-order chi connectivity index (χ0) is 20.0. The number of nitrogens with zero attached hydrogens (tertiary/aromatic N) is 2. The maximum Gasteiger partial charge on any atom is 0.179 e. The summed E-state index contributed by atoms with van der Waals surface area (Å²) in [4.78, 5) is 19.3. The van der Waals surface area contributed by atoms with Crippen LogP contribution in [-0.4, -0.2) is 16.1 Å². The lowest BCUT2D eigenvalue weighted by Crippen LogP contribution is -2.40. The number of unbranched alkanes of at least 4 members (excludes halogenated alkanes) is 4. The number of aromatic nitrogens is 1. The van der Waals surface area contributed by atoms with Gasteiger partial charge in [0.05, 0.1) is 22.2 Å². The molecule has 5 rings (SSSR count). The number of benzene rings is 2. The normalized spacial score (nSPS) is 19.8. The number of aliphatic imine (C=N–C) groups is 1. The van der Waals surface area contributed by atoms with Gasteiger partial charge in [-0.2, -0.15) is 0 Å². The molecule has 2 aliphatic rings. The average Bonchev–Trinajstić information content (AvgIpc) is 3.22. The van der Waals surface area contributed by atoms with E-state index in [1.54, 1.807) is 0 Å². The molecule has 3 aromatic rings. The van der Waals surface area contributed by atoms with Gasteiger partial charge in [-0.05, 0) is 24.5 Å². The lowest BCUT2D eigenvalue weighted by molar-refractivity contribution is 0.0863. The topological polar surface area (TPSA) is 34.4 Å². The molecule has 0 radical (unpaired) electrons. The largest absolute Gasteiger partial charge is 0.328 e. The first kappa shape index (κ1) is 18.4. The average molecular weight is 385 g/mol. The van der Waals surface area contributed by atoms with Gasteiger partial charge in [0.2, 0.25) is 0 Å². The highest BCUT2D eigenvalue weighted by Gasteiger charge is 2.52. The molecule has 0 N–H and O–H groups in total. The Labute approximate surface area is 172 Å². The molecule has 148 valence electrons. The van der Waals surface area contributed by atoms with Gasteiger partial charge in [0.1, 0.15) is 5.82 Å². The number of carbonyl (C=O) groups is 1. The van der Waals surface area contributed by atoms with E-state index in [1.165, 1.54) is 36.8 Å². The van der Waals surface area contributed by atoms with Gasteiger partial charge in [0.15, 0.2) is 5.78 Å². The second-order valence-corrected chi connectivity index (χ2v) is 8.64. The third-order valence-corrected chi connectivity index (χ3v) is 6.88. The Morgan fingerprint density at radius 2 is 1.76 bits per heavy atom. The maximum atomic E-state index is 14.1. The summed E-state index contributed by atoms with van der Waals surface area (Å²) in [5.74, 6) is 1.10. The molecule has 0 spiro atoms. The molecule has 2 heterocycles. The van der Waals surface area contributed by atoms with E-state index in [0.717, 1.165) is 47.3 Å². The van der Waals surface area contributed by atoms with Crippen LogP contribution in [0.4, 0.5) is 5.82 Å². The highest BCUT2D eigenvalue weighted by molar-refractivity contribution is 6.31. The van der Waals surface area contributed by atoms with Gasteiger partial charge < -0.3 is 4.57 Å². The van der Waals surface area contributed by atoms with Gasteiger partial charge in [0, 0.05) is 18.0 Å². The summed E-state index contributed by atoms with van der Waals surface area (Å²) in [5, 5.41) is 1.04. The Bertz CT molecular complexity index is 1140. The molecule has 0 saturated carbocycles. The van der Waals surface area contributed by atoms with Crippen LogP contribution in [0.1, 0.15) is 66.9 Å². The van der Waals surface area contributed by atoms with E-state index in [4.69, 9.17) is 4.99 Å². The lowest BCUT2D eigenvalue weighted by Gasteiger charge is -2.32. The summed E-state index contributed by atoms with van der Waals surface area (Å²) in [6.45, 7) is 2.24. The molecule has 1 aromatic heterocycles. The van der Waals surface area contributed by atoms with Crippen LogP contribution < -0.4 is 0 Å². The van der Waals surface area contributed by atoms with Crippen molar-refractivity contribution >= 4 is 28.2 Å². The van der Waals surface area contributed by atoms with Crippen LogP contribution in [0.5, 0.6) is 0 Å². The van der Waals surface area contributed by atoms with Crippen molar-refractivity contribution in [3.63, 3.8) is 0 Å². The van der Waals surface area contributed by atoms with Crippen molar-refractivity contribution < 1.29 is 4.79 Å². The molecule has 29 heavy (non-hydrogen) atoms. The van der Waals surface area contributed by atoms with Crippen molar-refractivity contribution in [3.8, 4) is 0 Å². The Balaban J connectivity index is 1.65. The molecule has 0 fully saturated rings. The van der Waals surface area contributed by atoms with E-state index in [1.807, 2.05) is 19.2 Å². The number of carbonyl (C=O) groups excluding carboxylic acids is 1. The highest BCUT2D eigenvalue weighted by atomic mass is 16.1. The van der Waals surface area contributed by atoms with Crippen LogP contribution in [0.25, 0.3) is 10.9 Å². The Kier molecular flexibility index (Phi) is 4.42. The van der Waals surface area contributed by atoms with Crippen molar-refractivity contribution in [1.82, 2.24) is 4.57 Å². The Morgan fingerprint density at radius 3 is 2.62 bits per heavy atom. The molecule has 2 aromatic carbocycles.